The number of halogens is 1. The zero-order valence-corrected chi connectivity index (χ0v) is 16.6. The summed E-state index contributed by atoms with van der Waals surface area (Å²) in [5.74, 6) is -1.05. The van der Waals surface area contributed by atoms with Crippen molar-refractivity contribution in [2.45, 2.75) is 23.6 Å². The molecule has 0 N–H and O–H groups in total. The summed E-state index contributed by atoms with van der Waals surface area (Å²) in [7, 11) is -8.13. The van der Waals surface area contributed by atoms with Gasteiger partial charge in [0.05, 0.1) is 29.7 Å². The lowest BCUT2D eigenvalue weighted by atomic mass is 10.2. The van der Waals surface area contributed by atoms with E-state index in [4.69, 9.17) is 8.37 Å². The lowest BCUT2D eigenvalue weighted by Gasteiger charge is -2.14. The smallest absolute Gasteiger partial charge is 0.266 e. The lowest BCUT2D eigenvalue weighted by Crippen LogP contribution is -2.23. The minimum Gasteiger partial charge on any atom is -0.266 e. The van der Waals surface area contributed by atoms with E-state index in [1.807, 2.05) is 13.8 Å². The highest BCUT2D eigenvalue weighted by molar-refractivity contribution is 7.87. The third kappa shape index (κ3) is 6.10. The number of hydrogen-bond acceptors (Lipinski definition) is 6. The molecule has 27 heavy (non-hydrogen) atoms. The Morgan fingerprint density at radius 3 is 1.37 bits per heavy atom. The summed E-state index contributed by atoms with van der Waals surface area (Å²) in [5.41, 5.74) is 1.76. The van der Waals surface area contributed by atoms with E-state index in [1.54, 1.807) is 24.3 Å². The van der Waals surface area contributed by atoms with Crippen LogP contribution in [-0.4, -0.2) is 36.7 Å². The predicted octanol–water partition coefficient (Wildman–Crippen LogP) is 3.00. The second-order valence-corrected chi connectivity index (χ2v) is 9.35. The largest absolute Gasteiger partial charge is 0.296 e. The van der Waals surface area contributed by atoms with E-state index in [0.29, 0.717) is 0 Å². The summed E-state index contributed by atoms with van der Waals surface area (Å²) in [4.78, 5) is -0.113. The predicted molar refractivity (Wildman–Crippen MR) is 98.1 cm³/mol. The first kappa shape index (κ1) is 21.5. The molecule has 0 heterocycles. The maximum atomic E-state index is 13.2. The first-order valence-electron chi connectivity index (χ1n) is 8.12. The summed E-state index contributed by atoms with van der Waals surface area (Å²) in [6, 6.07) is 12.0. The first-order valence-corrected chi connectivity index (χ1v) is 10.9. The molecule has 0 saturated heterocycles. The zero-order valence-electron chi connectivity index (χ0n) is 15.0. The van der Waals surface area contributed by atoms with E-state index in [2.05, 4.69) is 0 Å². The molecular weight excluding hydrogens is 395 g/mol. The van der Waals surface area contributed by atoms with Crippen molar-refractivity contribution in [3.8, 4) is 0 Å². The van der Waals surface area contributed by atoms with Crippen LogP contribution in [0.2, 0.25) is 0 Å². The van der Waals surface area contributed by atoms with Crippen LogP contribution in [0.25, 0.3) is 0 Å². The molecule has 0 saturated carbocycles. The van der Waals surface area contributed by atoms with E-state index >= 15 is 0 Å². The van der Waals surface area contributed by atoms with Crippen LogP contribution in [0.5, 0.6) is 0 Å². The molecule has 148 valence electrons. The van der Waals surface area contributed by atoms with Crippen molar-refractivity contribution >= 4 is 20.2 Å². The van der Waals surface area contributed by atoms with Gasteiger partial charge in [-0.25, -0.2) is 0 Å². The van der Waals surface area contributed by atoms with Crippen molar-refractivity contribution < 1.29 is 29.6 Å². The Kier molecular flexibility index (Phi) is 7.10. The topological polar surface area (TPSA) is 86.7 Å². The Labute approximate surface area is 159 Å². The maximum absolute atomic E-state index is 13.2. The fraction of sp³-hybridized carbons (Fsp3) is 0.333. The van der Waals surface area contributed by atoms with Crippen molar-refractivity contribution in [3.63, 3.8) is 0 Å². The molecule has 0 unspecified atom stereocenters. The highest BCUT2D eigenvalue weighted by Crippen LogP contribution is 2.17. The van der Waals surface area contributed by atoms with Crippen LogP contribution in [0.4, 0.5) is 4.39 Å². The van der Waals surface area contributed by atoms with Crippen molar-refractivity contribution in [1.29, 1.82) is 0 Å². The van der Waals surface area contributed by atoms with Gasteiger partial charge in [0.1, 0.15) is 0 Å². The van der Waals surface area contributed by atoms with Gasteiger partial charge in [0.15, 0.2) is 0 Å². The van der Waals surface area contributed by atoms with E-state index in [9.17, 15) is 21.2 Å². The number of aryl methyl sites for hydroxylation is 2. The summed E-state index contributed by atoms with van der Waals surface area (Å²) in [5, 5.41) is 0. The molecule has 0 fully saturated rings. The maximum Gasteiger partial charge on any atom is 0.296 e. The molecular formula is C18H21FO6S2. The van der Waals surface area contributed by atoms with Crippen molar-refractivity contribution in [3.05, 3.63) is 59.7 Å². The van der Waals surface area contributed by atoms with Gasteiger partial charge in [0.25, 0.3) is 20.2 Å². The Morgan fingerprint density at radius 1 is 0.741 bits per heavy atom. The normalized spacial score (nSPS) is 12.4. The van der Waals surface area contributed by atoms with Crippen LogP contribution in [0.15, 0.2) is 58.3 Å². The summed E-state index contributed by atoms with van der Waals surface area (Å²) < 4.78 is 71.3. The standard InChI is InChI=1S/C18H21FO6S2/c1-14-3-7-17(8-4-14)26(20,21)24-12-16(11-19)13-25-27(22,23)18-9-5-15(2)6-10-18/h3-10,16H,11-13H2,1-2H3. The minimum atomic E-state index is -4.06. The van der Waals surface area contributed by atoms with Crippen LogP contribution in [0.3, 0.4) is 0 Å². The molecule has 0 aliphatic heterocycles. The first-order chi connectivity index (χ1) is 12.6. The third-order valence-corrected chi connectivity index (χ3v) is 6.35. The molecule has 0 atom stereocenters. The molecule has 2 rings (SSSR count). The van der Waals surface area contributed by atoms with Crippen LogP contribution >= 0.6 is 0 Å². The number of rotatable bonds is 9. The van der Waals surface area contributed by atoms with Gasteiger partial charge in [0, 0.05) is 5.92 Å². The highest BCUT2D eigenvalue weighted by Gasteiger charge is 2.22. The highest BCUT2D eigenvalue weighted by atomic mass is 32.2. The molecule has 6 nitrogen and oxygen atoms in total. The zero-order chi connectivity index (χ0) is 20.1. The summed E-state index contributed by atoms with van der Waals surface area (Å²) in [6.45, 7) is 1.56. The van der Waals surface area contributed by atoms with Crippen molar-refractivity contribution in [2.75, 3.05) is 19.9 Å². The average molecular weight is 416 g/mol. The monoisotopic (exact) mass is 416 g/mol. The number of hydrogen-bond donors (Lipinski definition) is 0. The van der Waals surface area contributed by atoms with Gasteiger partial charge < -0.3 is 0 Å². The molecule has 0 aliphatic carbocycles. The second-order valence-electron chi connectivity index (χ2n) is 6.12. The summed E-state index contributed by atoms with van der Waals surface area (Å²) >= 11 is 0. The van der Waals surface area contributed by atoms with Gasteiger partial charge in [-0.15, -0.1) is 0 Å². The number of alkyl halides is 1. The Bertz CT molecular complexity index is 872. The van der Waals surface area contributed by atoms with Crippen molar-refractivity contribution in [1.82, 2.24) is 0 Å². The SMILES string of the molecule is Cc1ccc(S(=O)(=O)OCC(CF)COS(=O)(=O)c2ccc(C)cc2)cc1. The minimum absolute atomic E-state index is 0.0566. The molecule has 0 radical (unpaired) electrons. The molecule has 9 heteroatoms. The molecule has 2 aromatic rings. The van der Waals surface area contributed by atoms with Gasteiger partial charge in [-0.1, -0.05) is 35.4 Å². The Balaban J connectivity index is 1.97. The van der Waals surface area contributed by atoms with E-state index in [0.717, 1.165) is 11.1 Å². The quantitative estimate of drug-likeness (QED) is 0.584. The van der Waals surface area contributed by atoms with E-state index in [1.165, 1.54) is 24.3 Å². The third-order valence-electron chi connectivity index (χ3n) is 3.76. The Hall–Kier alpha value is -1.81. The fourth-order valence-electron chi connectivity index (χ4n) is 2.05. The van der Waals surface area contributed by atoms with E-state index < -0.39 is 46.0 Å². The van der Waals surface area contributed by atoms with Gasteiger partial charge in [-0.3, -0.25) is 12.8 Å². The van der Waals surface area contributed by atoms with Gasteiger partial charge >= 0.3 is 0 Å². The molecule has 0 bridgehead atoms. The van der Waals surface area contributed by atoms with Crippen molar-refractivity contribution in [2.24, 2.45) is 5.92 Å². The van der Waals surface area contributed by atoms with Gasteiger partial charge in [-0.05, 0) is 38.1 Å². The van der Waals surface area contributed by atoms with Crippen LogP contribution in [0.1, 0.15) is 11.1 Å². The molecule has 0 aliphatic rings. The van der Waals surface area contributed by atoms with Crippen LogP contribution in [-0.2, 0) is 28.6 Å². The number of benzene rings is 2. The summed E-state index contributed by atoms with van der Waals surface area (Å²) in [6.07, 6.45) is 0. The van der Waals surface area contributed by atoms with E-state index in [-0.39, 0.29) is 9.79 Å². The average Bonchev–Trinajstić information content (AvgIpc) is 2.62. The molecule has 0 amide bonds. The molecule has 0 aromatic heterocycles. The van der Waals surface area contributed by atoms with Gasteiger partial charge in [0.2, 0.25) is 0 Å². The second kappa shape index (κ2) is 8.92. The van der Waals surface area contributed by atoms with Crippen LogP contribution in [0, 0.1) is 19.8 Å². The molecule has 2 aromatic carbocycles. The molecule has 0 spiro atoms. The Morgan fingerprint density at radius 2 is 1.07 bits per heavy atom. The van der Waals surface area contributed by atoms with Crippen LogP contribution < -0.4 is 0 Å². The lowest BCUT2D eigenvalue weighted by molar-refractivity contribution is 0.159. The fourth-order valence-corrected chi connectivity index (χ4v) is 4.01. The van der Waals surface area contributed by atoms with Gasteiger partial charge in [-0.2, -0.15) is 16.8 Å².